The summed E-state index contributed by atoms with van der Waals surface area (Å²) in [6.45, 7) is 12.5. The van der Waals surface area contributed by atoms with Crippen LogP contribution in [0.1, 0.15) is 70.8 Å². The van der Waals surface area contributed by atoms with Gasteiger partial charge in [-0.15, -0.1) is 0 Å². The van der Waals surface area contributed by atoms with Gasteiger partial charge in [0.05, 0.1) is 39.6 Å². The van der Waals surface area contributed by atoms with E-state index in [1.165, 1.54) is 38.5 Å². The second-order valence-corrected chi connectivity index (χ2v) is 8.22. The van der Waals surface area contributed by atoms with Crippen molar-refractivity contribution in [2.24, 2.45) is 0 Å². The summed E-state index contributed by atoms with van der Waals surface area (Å²) < 4.78 is 34.1. The lowest BCUT2D eigenvalue weighted by Gasteiger charge is -2.14. The SMILES string of the molecule is CCCCCCOCCOCCOc1ccc(C)cc1OCCOCCOCCCCCC. The van der Waals surface area contributed by atoms with Crippen molar-refractivity contribution in [3.63, 3.8) is 0 Å². The Morgan fingerprint density at radius 1 is 0.485 bits per heavy atom. The van der Waals surface area contributed by atoms with Gasteiger partial charge in [0.2, 0.25) is 0 Å². The first kappa shape index (κ1) is 29.7. The molecule has 6 heteroatoms. The molecule has 1 aromatic carbocycles. The van der Waals surface area contributed by atoms with Crippen LogP contribution in [0.25, 0.3) is 0 Å². The van der Waals surface area contributed by atoms with Gasteiger partial charge in [0.25, 0.3) is 0 Å². The highest BCUT2D eigenvalue weighted by Crippen LogP contribution is 2.28. The Morgan fingerprint density at radius 2 is 0.939 bits per heavy atom. The Labute approximate surface area is 202 Å². The van der Waals surface area contributed by atoms with Crippen molar-refractivity contribution in [3.8, 4) is 11.5 Å². The molecule has 6 nitrogen and oxygen atoms in total. The van der Waals surface area contributed by atoms with Crippen molar-refractivity contribution in [1.82, 2.24) is 0 Å². The van der Waals surface area contributed by atoms with E-state index in [-0.39, 0.29) is 0 Å². The van der Waals surface area contributed by atoms with Crippen molar-refractivity contribution in [3.05, 3.63) is 23.8 Å². The lowest BCUT2D eigenvalue weighted by atomic mass is 10.2. The lowest BCUT2D eigenvalue weighted by molar-refractivity contribution is 0.0321. The summed E-state index contributed by atoms with van der Waals surface area (Å²) in [6.07, 6.45) is 9.80. The van der Waals surface area contributed by atoms with Crippen LogP contribution in [-0.2, 0) is 18.9 Å². The topological polar surface area (TPSA) is 55.4 Å². The van der Waals surface area contributed by atoms with Gasteiger partial charge in [0, 0.05) is 13.2 Å². The largest absolute Gasteiger partial charge is 0.487 e. The average molecular weight is 469 g/mol. The zero-order valence-corrected chi connectivity index (χ0v) is 21.4. The molecule has 0 aliphatic carbocycles. The van der Waals surface area contributed by atoms with Crippen LogP contribution in [0.4, 0.5) is 0 Å². The van der Waals surface area contributed by atoms with Crippen molar-refractivity contribution >= 4 is 0 Å². The van der Waals surface area contributed by atoms with Crippen molar-refractivity contribution < 1.29 is 28.4 Å². The number of ether oxygens (including phenoxy) is 6. The number of aryl methyl sites for hydroxylation is 1. The maximum atomic E-state index is 5.89. The number of unbranched alkanes of at least 4 members (excludes halogenated alkanes) is 6. The molecule has 0 bridgehead atoms. The molecule has 0 aromatic heterocycles. The molecule has 1 rings (SSSR count). The molecule has 0 unspecified atom stereocenters. The molecule has 1 aromatic rings. The summed E-state index contributed by atoms with van der Waals surface area (Å²) in [6, 6.07) is 5.95. The molecule has 33 heavy (non-hydrogen) atoms. The third-order valence-corrected chi connectivity index (χ3v) is 5.10. The van der Waals surface area contributed by atoms with Crippen molar-refractivity contribution in [1.29, 1.82) is 0 Å². The summed E-state index contributed by atoms with van der Waals surface area (Å²) in [5, 5.41) is 0. The second-order valence-electron chi connectivity index (χ2n) is 8.22. The summed E-state index contributed by atoms with van der Waals surface area (Å²) in [4.78, 5) is 0. The molecule has 0 atom stereocenters. The van der Waals surface area contributed by atoms with Crippen LogP contribution < -0.4 is 9.47 Å². The van der Waals surface area contributed by atoms with Crippen LogP contribution in [0, 0.1) is 6.92 Å². The second kappa shape index (κ2) is 22.5. The molecule has 0 saturated heterocycles. The third-order valence-electron chi connectivity index (χ3n) is 5.10. The standard InChI is InChI=1S/C27H48O6/c1-4-6-8-10-14-28-16-18-30-20-22-32-26-13-12-25(3)24-27(26)33-23-21-31-19-17-29-15-11-9-7-5-2/h12-13,24H,4-11,14-23H2,1-3H3. The Kier molecular flexibility index (Phi) is 20.2. The van der Waals surface area contributed by atoms with E-state index in [1.807, 2.05) is 25.1 Å². The van der Waals surface area contributed by atoms with Gasteiger partial charge in [0.15, 0.2) is 11.5 Å². The number of benzene rings is 1. The van der Waals surface area contributed by atoms with Crippen molar-refractivity contribution in [2.75, 3.05) is 66.1 Å². The Bertz CT molecular complexity index is 551. The van der Waals surface area contributed by atoms with E-state index in [9.17, 15) is 0 Å². The fraction of sp³-hybridized carbons (Fsp3) is 0.778. The van der Waals surface area contributed by atoms with Crippen molar-refractivity contribution in [2.45, 2.75) is 72.1 Å². The first-order valence-corrected chi connectivity index (χ1v) is 12.9. The fourth-order valence-corrected chi connectivity index (χ4v) is 3.17. The van der Waals surface area contributed by atoms with Gasteiger partial charge in [-0.25, -0.2) is 0 Å². The van der Waals surface area contributed by atoms with E-state index < -0.39 is 0 Å². The summed E-state index contributed by atoms with van der Waals surface area (Å²) in [7, 11) is 0. The fourth-order valence-electron chi connectivity index (χ4n) is 3.17. The van der Waals surface area contributed by atoms with Gasteiger partial charge >= 0.3 is 0 Å². The Balaban J connectivity index is 2.07. The highest BCUT2D eigenvalue weighted by molar-refractivity contribution is 5.42. The predicted molar refractivity (Wildman–Crippen MR) is 134 cm³/mol. The number of hydrogen-bond donors (Lipinski definition) is 0. The maximum Gasteiger partial charge on any atom is 0.161 e. The first-order valence-electron chi connectivity index (χ1n) is 12.9. The quantitative estimate of drug-likeness (QED) is 0.174. The average Bonchev–Trinajstić information content (AvgIpc) is 2.82. The molecule has 0 fully saturated rings. The number of rotatable bonds is 24. The first-order chi connectivity index (χ1) is 16.3. The monoisotopic (exact) mass is 468 g/mol. The summed E-state index contributed by atoms with van der Waals surface area (Å²) in [5.74, 6) is 1.47. The van der Waals surface area contributed by atoms with E-state index in [0.717, 1.165) is 43.1 Å². The molecule has 0 radical (unpaired) electrons. The van der Waals surface area contributed by atoms with Gasteiger partial charge in [-0.2, -0.15) is 0 Å². The molecule has 0 aliphatic rings. The smallest absolute Gasteiger partial charge is 0.161 e. The molecule has 0 aliphatic heterocycles. The van der Waals surface area contributed by atoms with Crippen LogP contribution in [0.5, 0.6) is 11.5 Å². The molecule has 0 amide bonds. The molecule has 0 spiro atoms. The minimum absolute atomic E-state index is 0.474. The van der Waals surface area contributed by atoms with Gasteiger partial charge in [-0.1, -0.05) is 58.4 Å². The summed E-state index contributed by atoms with van der Waals surface area (Å²) >= 11 is 0. The molecular weight excluding hydrogens is 420 g/mol. The van der Waals surface area contributed by atoms with E-state index in [0.29, 0.717) is 52.9 Å². The lowest BCUT2D eigenvalue weighted by Crippen LogP contribution is -2.13. The summed E-state index contributed by atoms with van der Waals surface area (Å²) in [5.41, 5.74) is 1.13. The van der Waals surface area contributed by atoms with Crippen LogP contribution in [0.2, 0.25) is 0 Å². The van der Waals surface area contributed by atoms with Gasteiger partial charge in [0.1, 0.15) is 13.2 Å². The molecule has 192 valence electrons. The zero-order chi connectivity index (χ0) is 23.8. The predicted octanol–water partition coefficient (Wildman–Crippen LogP) is 5.98. The van der Waals surface area contributed by atoms with E-state index in [2.05, 4.69) is 13.8 Å². The number of hydrogen-bond acceptors (Lipinski definition) is 6. The molecule has 0 N–H and O–H groups in total. The van der Waals surface area contributed by atoms with E-state index in [4.69, 9.17) is 28.4 Å². The van der Waals surface area contributed by atoms with Gasteiger partial charge in [-0.3, -0.25) is 0 Å². The molecule has 0 saturated carbocycles. The van der Waals surface area contributed by atoms with E-state index >= 15 is 0 Å². The van der Waals surface area contributed by atoms with Gasteiger partial charge < -0.3 is 28.4 Å². The zero-order valence-electron chi connectivity index (χ0n) is 21.4. The van der Waals surface area contributed by atoms with Crippen LogP contribution in [0.3, 0.4) is 0 Å². The highest BCUT2D eigenvalue weighted by Gasteiger charge is 2.06. The van der Waals surface area contributed by atoms with Gasteiger partial charge in [-0.05, 0) is 37.5 Å². The highest BCUT2D eigenvalue weighted by atomic mass is 16.6. The molecular formula is C27H48O6. The molecule has 0 heterocycles. The minimum Gasteiger partial charge on any atom is -0.487 e. The Morgan fingerprint density at radius 3 is 1.45 bits per heavy atom. The van der Waals surface area contributed by atoms with E-state index in [1.54, 1.807) is 0 Å². The maximum absolute atomic E-state index is 5.89. The van der Waals surface area contributed by atoms with Crippen LogP contribution in [-0.4, -0.2) is 66.1 Å². The third kappa shape index (κ3) is 17.8. The van der Waals surface area contributed by atoms with Crippen LogP contribution >= 0.6 is 0 Å². The normalized spacial score (nSPS) is 11.1. The Hall–Kier alpha value is -1.34. The minimum atomic E-state index is 0.474. The van der Waals surface area contributed by atoms with Crippen LogP contribution in [0.15, 0.2) is 18.2 Å².